The fourth-order valence-electron chi connectivity index (χ4n) is 1.36. The Morgan fingerprint density at radius 3 is 2.63 bits per heavy atom. The summed E-state index contributed by atoms with van der Waals surface area (Å²) in [4.78, 5) is 16.2. The van der Waals surface area contributed by atoms with Crippen molar-refractivity contribution in [1.82, 2.24) is 10.3 Å². The molecule has 5 heteroatoms. The molecule has 0 atom stereocenters. The monoisotopic (exact) mass is 283 g/mol. The van der Waals surface area contributed by atoms with E-state index in [9.17, 15) is 4.79 Å². The van der Waals surface area contributed by atoms with Crippen LogP contribution in [-0.4, -0.2) is 24.5 Å². The van der Waals surface area contributed by atoms with Gasteiger partial charge in [-0.3, -0.25) is 4.79 Å². The molecular weight excluding hydrogens is 262 g/mol. The first-order chi connectivity index (χ1) is 8.77. The summed E-state index contributed by atoms with van der Waals surface area (Å²) < 4.78 is 0. The minimum Gasteiger partial charge on any atom is -0.373 e. The van der Waals surface area contributed by atoms with E-state index in [-0.39, 0.29) is 11.3 Å². The first-order valence-electron chi connectivity index (χ1n) is 6.39. The lowest BCUT2D eigenvalue weighted by atomic mass is 9.81. The second-order valence-corrected chi connectivity index (χ2v) is 6.03. The quantitative estimate of drug-likeness (QED) is 0.872. The van der Waals surface area contributed by atoms with Gasteiger partial charge in [0.2, 0.25) is 0 Å². The van der Waals surface area contributed by atoms with Gasteiger partial charge in [0.15, 0.2) is 0 Å². The van der Waals surface area contributed by atoms with Gasteiger partial charge in [-0.2, -0.15) is 0 Å². The summed E-state index contributed by atoms with van der Waals surface area (Å²) in [5.74, 6) is 0.934. The Morgan fingerprint density at radius 1 is 1.47 bits per heavy atom. The van der Waals surface area contributed by atoms with Gasteiger partial charge in [0.05, 0.1) is 10.6 Å². The zero-order valence-corrected chi connectivity index (χ0v) is 12.9. The van der Waals surface area contributed by atoms with Gasteiger partial charge in [0, 0.05) is 19.8 Å². The van der Waals surface area contributed by atoms with E-state index in [0.717, 1.165) is 0 Å². The minimum atomic E-state index is -0.169. The van der Waals surface area contributed by atoms with E-state index in [1.54, 1.807) is 13.1 Å². The van der Waals surface area contributed by atoms with Crippen LogP contribution in [-0.2, 0) is 0 Å². The first-order valence-corrected chi connectivity index (χ1v) is 6.77. The van der Waals surface area contributed by atoms with Gasteiger partial charge in [-0.1, -0.05) is 39.3 Å². The van der Waals surface area contributed by atoms with Crippen molar-refractivity contribution in [2.75, 3.05) is 18.9 Å². The standard InChI is InChI=1S/C14H22ClN3O/c1-9(2)14(3,4)8-18-13(19)10-6-12(16-5)17-7-11(10)15/h6-7,9H,8H2,1-5H3,(H,16,17)(H,18,19). The van der Waals surface area contributed by atoms with Gasteiger partial charge in [-0.15, -0.1) is 0 Å². The van der Waals surface area contributed by atoms with Gasteiger partial charge >= 0.3 is 0 Å². The molecule has 0 bridgehead atoms. The van der Waals surface area contributed by atoms with Crippen LogP contribution in [0.1, 0.15) is 38.1 Å². The average molecular weight is 284 g/mol. The van der Waals surface area contributed by atoms with E-state index >= 15 is 0 Å². The highest BCUT2D eigenvalue weighted by Crippen LogP contribution is 2.25. The van der Waals surface area contributed by atoms with Gasteiger partial charge in [0.1, 0.15) is 5.82 Å². The molecule has 0 aliphatic heterocycles. The molecule has 0 radical (unpaired) electrons. The number of amides is 1. The Kier molecular flexibility index (Phi) is 5.18. The Hall–Kier alpha value is -1.29. The summed E-state index contributed by atoms with van der Waals surface area (Å²) in [6.07, 6.45) is 1.48. The molecule has 1 heterocycles. The van der Waals surface area contributed by atoms with Crippen molar-refractivity contribution in [3.8, 4) is 0 Å². The number of carbonyl (C=O) groups is 1. The highest BCUT2D eigenvalue weighted by atomic mass is 35.5. The van der Waals surface area contributed by atoms with Crippen LogP contribution in [0.4, 0.5) is 5.82 Å². The number of nitrogens with zero attached hydrogens (tertiary/aromatic N) is 1. The van der Waals surface area contributed by atoms with Gasteiger partial charge in [0.25, 0.3) is 5.91 Å². The number of halogens is 1. The van der Waals surface area contributed by atoms with Crippen LogP contribution in [0, 0.1) is 11.3 Å². The van der Waals surface area contributed by atoms with Crippen molar-refractivity contribution >= 4 is 23.3 Å². The molecule has 19 heavy (non-hydrogen) atoms. The van der Waals surface area contributed by atoms with Crippen LogP contribution in [0.2, 0.25) is 5.02 Å². The normalized spacial score (nSPS) is 11.5. The Balaban J connectivity index is 2.79. The second-order valence-electron chi connectivity index (χ2n) is 5.63. The molecule has 0 aliphatic rings. The molecule has 4 nitrogen and oxygen atoms in total. The molecule has 1 rings (SSSR count). The topological polar surface area (TPSA) is 54.0 Å². The van der Waals surface area contributed by atoms with E-state index in [1.165, 1.54) is 6.20 Å². The van der Waals surface area contributed by atoms with Crippen molar-refractivity contribution in [3.05, 3.63) is 22.8 Å². The fraction of sp³-hybridized carbons (Fsp3) is 0.571. The molecule has 0 saturated carbocycles. The van der Waals surface area contributed by atoms with Crippen molar-refractivity contribution in [3.63, 3.8) is 0 Å². The maximum absolute atomic E-state index is 12.2. The highest BCUT2D eigenvalue weighted by molar-refractivity contribution is 6.33. The molecule has 0 spiro atoms. The maximum Gasteiger partial charge on any atom is 0.253 e. The van der Waals surface area contributed by atoms with E-state index in [1.807, 2.05) is 0 Å². The largest absolute Gasteiger partial charge is 0.373 e. The van der Waals surface area contributed by atoms with E-state index < -0.39 is 0 Å². The van der Waals surface area contributed by atoms with Crippen LogP contribution >= 0.6 is 11.6 Å². The Labute approximate surface area is 120 Å². The van der Waals surface area contributed by atoms with E-state index in [4.69, 9.17) is 11.6 Å². The predicted molar refractivity (Wildman–Crippen MR) is 79.7 cm³/mol. The summed E-state index contributed by atoms with van der Waals surface area (Å²) in [7, 11) is 1.75. The predicted octanol–water partition coefficient (Wildman–Crippen LogP) is 3.19. The number of pyridine rings is 1. The lowest BCUT2D eigenvalue weighted by Gasteiger charge is -2.29. The summed E-state index contributed by atoms with van der Waals surface area (Å²) in [5.41, 5.74) is 0.488. The highest BCUT2D eigenvalue weighted by Gasteiger charge is 2.23. The molecule has 0 aromatic carbocycles. The van der Waals surface area contributed by atoms with Crippen LogP contribution < -0.4 is 10.6 Å². The molecule has 0 saturated heterocycles. The SMILES string of the molecule is CNc1cc(C(=O)NCC(C)(C)C(C)C)c(Cl)cn1. The number of hydrogen-bond acceptors (Lipinski definition) is 3. The van der Waals surface area contributed by atoms with Crippen molar-refractivity contribution in [1.29, 1.82) is 0 Å². The van der Waals surface area contributed by atoms with Crippen molar-refractivity contribution < 1.29 is 4.79 Å². The number of anilines is 1. The smallest absolute Gasteiger partial charge is 0.253 e. The summed E-state index contributed by atoms with van der Waals surface area (Å²) >= 11 is 6.01. The Morgan fingerprint density at radius 2 is 2.11 bits per heavy atom. The van der Waals surface area contributed by atoms with E-state index in [0.29, 0.717) is 28.9 Å². The fourth-order valence-corrected chi connectivity index (χ4v) is 1.55. The van der Waals surface area contributed by atoms with Gasteiger partial charge in [-0.25, -0.2) is 4.98 Å². The Bertz CT molecular complexity index is 458. The summed E-state index contributed by atoms with van der Waals surface area (Å²) in [5, 5.41) is 6.18. The third kappa shape index (κ3) is 4.10. The molecule has 0 unspecified atom stereocenters. The molecular formula is C14H22ClN3O. The molecule has 1 aromatic rings. The maximum atomic E-state index is 12.2. The van der Waals surface area contributed by atoms with Crippen LogP contribution in [0.5, 0.6) is 0 Å². The number of nitrogens with one attached hydrogen (secondary N) is 2. The van der Waals surface area contributed by atoms with Crippen LogP contribution in [0.25, 0.3) is 0 Å². The number of carbonyl (C=O) groups excluding carboxylic acids is 1. The summed E-state index contributed by atoms with van der Waals surface area (Å²) in [6.45, 7) is 9.16. The molecule has 0 aliphatic carbocycles. The number of aromatic nitrogens is 1. The lowest BCUT2D eigenvalue weighted by molar-refractivity contribution is 0.0925. The summed E-state index contributed by atoms with van der Waals surface area (Å²) in [6, 6.07) is 1.65. The minimum absolute atomic E-state index is 0.0427. The van der Waals surface area contributed by atoms with E-state index in [2.05, 4.69) is 43.3 Å². The average Bonchev–Trinajstić information content (AvgIpc) is 2.36. The van der Waals surface area contributed by atoms with Crippen LogP contribution in [0.3, 0.4) is 0 Å². The second kappa shape index (κ2) is 6.24. The molecule has 1 aromatic heterocycles. The molecule has 2 N–H and O–H groups in total. The third-order valence-corrected chi connectivity index (χ3v) is 3.92. The van der Waals surface area contributed by atoms with Crippen LogP contribution in [0.15, 0.2) is 12.3 Å². The molecule has 1 amide bonds. The molecule has 106 valence electrons. The lowest BCUT2D eigenvalue weighted by Crippen LogP contribution is -2.37. The zero-order valence-electron chi connectivity index (χ0n) is 12.2. The van der Waals surface area contributed by atoms with Gasteiger partial charge < -0.3 is 10.6 Å². The third-order valence-electron chi connectivity index (χ3n) is 3.62. The first kappa shape index (κ1) is 15.8. The zero-order chi connectivity index (χ0) is 14.6. The molecule has 0 fully saturated rings. The van der Waals surface area contributed by atoms with Crippen molar-refractivity contribution in [2.24, 2.45) is 11.3 Å². The van der Waals surface area contributed by atoms with Gasteiger partial charge in [-0.05, 0) is 17.4 Å². The van der Waals surface area contributed by atoms with Crippen molar-refractivity contribution in [2.45, 2.75) is 27.7 Å². The number of hydrogen-bond donors (Lipinski definition) is 2. The number of rotatable bonds is 5.